The summed E-state index contributed by atoms with van der Waals surface area (Å²) in [4.78, 5) is 24.2. The van der Waals surface area contributed by atoms with Crippen molar-refractivity contribution in [2.24, 2.45) is 5.92 Å². The number of rotatable bonds is 5. The summed E-state index contributed by atoms with van der Waals surface area (Å²) in [5.74, 6) is 0.196. The van der Waals surface area contributed by atoms with Crippen LogP contribution < -0.4 is 10.6 Å². The smallest absolute Gasteiger partial charge is 0.255 e. The van der Waals surface area contributed by atoms with Crippen molar-refractivity contribution in [3.63, 3.8) is 0 Å². The quantitative estimate of drug-likeness (QED) is 0.881. The van der Waals surface area contributed by atoms with E-state index in [0.717, 1.165) is 36.9 Å². The van der Waals surface area contributed by atoms with E-state index in [0.29, 0.717) is 12.1 Å². The van der Waals surface area contributed by atoms with E-state index in [1.807, 2.05) is 42.5 Å². The molecule has 0 spiro atoms. The maximum Gasteiger partial charge on any atom is 0.255 e. The Morgan fingerprint density at radius 3 is 2.25 bits per heavy atom. The molecule has 3 rings (SSSR count). The van der Waals surface area contributed by atoms with Gasteiger partial charge in [0, 0.05) is 23.7 Å². The molecule has 4 nitrogen and oxygen atoms in total. The lowest BCUT2D eigenvalue weighted by Crippen LogP contribution is -2.28. The lowest BCUT2D eigenvalue weighted by atomic mass is 10.1. The number of carbonyl (C=O) groups is 2. The van der Waals surface area contributed by atoms with Crippen LogP contribution in [0.15, 0.2) is 54.6 Å². The number of para-hydroxylation sites is 1. The highest BCUT2D eigenvalue weighted by molar-refractivity contribution is 6.04. The predicted octanol–water partition coefficient (Wildman–Crippen LogP) is 3.75. The largest absolute Gasteiger partial charge is 0.352 e. The molecule has 0 aromatic heterocycles. The van der Waals surface area contributed by atoms with E-state index < -0.39 is 0 Å². The molecule has 2 aromatic rings. The molecule has 0 heterocycles. The van der Waals surface area contributed by atoms with Crippen LogP contribution in [0.3, 0.4) is 0 Å². The third kappa shape index (κ3) is 4.22. The molecule has 1 aliphatic carbocycles. The molecule has 4 heteroatoms. The molecular weight excluding hydrogens is 300 g/mol. The molecule has 0 aliphatic heterocycles. The second kappa shape index (κ2) is 7.77. The molecule has 2 N–H and O–H groups in total. The topological polar surface area (TPSA) is 58.2 Å². The Bertz CT molecular complexity index is 689. The minimum Gasteiger partial charge on any atom is -0.352 e. The van der Waals surface area contributed by atoms with Crippen molar-refractivity contribution in [2.75, 3.05) is 5.32 Å². The molecule has 24 heavy (non-hydrogen) atoms. The molecule has 2 amide bonds. The summed E-state index contributed by atoms with van der Waals surface area (Å²) in [5.41, 5.74) is 2.37. The Hall–Kier alpha value is -2.62. The summed E-state index contributed by atoms with van der Waals surface area (Å²) in [6.07, 6.45) is 4.32. The van der Waals surface area contributed by atoms with Gasteiger partial charge in [-0.15, -0.1) is 0 Å². The van der Waals surface area contributed by atoms with Crippen LogP contribution in [0.25, 0.3) is 0 Å². The van der Waals surface area contributed by atoms with Gasteiger partial charge in [-0.3, -0.25) is 9.59 Å². The van der Waals surface area contributed by atoms with Gasteiger partial charge in [0.2, 0.25) is 5.91 Å². The summed E-state index contributed by atoms with van der Waals surface area (Å²) >= 11 is 0. The fraction of sp³-hybridized carbons (Fsp3) is 0.300. The van der Waals surface area contributed by atoms with Gasteiger partial charge in [0.25, 0.3) is 5.91 Å². The van der Waals surface area contributed by atoms with Crippen LogP contribution >= 0.6 is 0 Å². The van der Waals surface area contributed by atoms with Crippen molar-refractivity contribution in [2.45, 2.75) is 32.2 Å². The molecular formula is C20H22N2O2. The maximum atomic E-state index is 12.2. The highest BCUT2D eigenvalue weighted by Gasteiger charge is 2.22. The summed E-state index contributed by atoms with van der Waals surface area (Å²) in [6.45, 7) is 0.510. The summed E-state index contributed by atoms with van der Waals surface area (Å²) < 4.78 is 0. The standard InChI is InChI=1S/C20H22N2O2/c23-19(16-6-4-5-7-16)21-14-15-10-12-17(13-11-15)20(24)22-18-8-2-1-3-9-18/h1-3,8-13,16H,4-7,14H2,(H,21,23)(H,22,24). The number of nitrogens with one attached hydrogen (secondary N) is 2. The minimum atomic E-state index is -0.136. The third-order valence-electron chi connectivity index (χ3n) is 4.44. The van der Waals surface area contributed by atoms with Crippen LogP contribution in [0, 0.1) is 5.92 Å². The van der Waals surface area contributed by atoms with Crippen LogP contribution in [-0.2, 0) is 11.3 Å². The first-order valence-electron chi connectivity index (χ1n) is 8.45. The van der Waals surface area contributed by atoms with Crippen molar-refractivity contribution in [3.8, 4) is 0 Å². The summed E-state index contributed by atoms with van der Waals surface area (Å²) in [5, 5.41) is 5.85. The zero-order chi connectivity index (χ0) is 16.8. The van der Waals surface area contributed by atoms with E-state index in [2.05, 4.69) is 10.6 Å². The van der Waals surface area contributed by atoms with Crippen molar-refractivity contribution in [1.82, 2.24) is 5.32 Å². The Balaban J connectivity index is 1.53. The van der Waals surface area contributed by atoms with E-state index in [4.69, 9.17) is 0 Å². The van der Waals surface area contributed by atoms with Crippen LogP contribution in [0.4, 0.5) is 5.69 Å². The number of amides is 2. The third-order valence-corrected chi connectivity index (χ3v) is 4.44. The molecule has 1 aliphatic rings. The minimum absolute atomic E-state index is 0.136. The highest BCUT2D eigenvalue weighted by Crippen LogP contribution is 2.24. The van der Waals surface area contributed by atoms with Crippen LogP contribution in [0.1, 0.15) is 41.6 Å². The van der Waals surface area contributed by atoms with Gasteiger partial charge in [0.15, 0.2) is 0 Å². The fourth-order valence-electron chi connectivity index (χ4n) is 3.02. The number of hydrogen-bond donors (Lipinski definition) is 2. The van der Waals surface area contributed by atoms with Crippen molar-refractivity contribution in [1.29, 1.82) is 0 Å². The first-order valence-corrected chi connectivity index (χ1v) is 8.45. The van der Waals surface area contributed by atoms with Gasteiger partial charge in [-0.2, -0.15) is 0 Å². The molecule has 124 valence electrons. The zero-order valence-corrected chi connectivity index (χ0v) is 13.6. The van der Waals surface area contributed by atoms with Gasteiger partial charge < -0.3 is 10.6 Å². The van der Waals surface area contributed by atoms with E-state index in [1.54, 1.807) is 12.1 Å². The van der Waals surface area contributed by atoms with Gasteiger partial charge >= 0.3 is 0 Å². The van der Waals surface area contributed by atoms with Crippen molar-refractivity contribution < 1.29 is 9.59 Å². The normalized spacial score (nSPS) is 14.3. The van der Waals surface area contributed by atoms with Gasteiger partial charge in [-0.1, -0.05) is 43.2 Å². The molecule has 0 bridgehead atoms. The Kier molecular flexibility index (Phi) is 5.26. The Labute approximate surface area is 142 Å². The van der Waals surface area contributed by atoms with E-state index >= 15 is 0 Å². The predicted molar refractivity (Wildman–Crippen MR) is 94.6 cm³/mol. The number of carbonyl (C=O) groups excluding carboxylic acids is 2. The first kappa shape index (κ1) is 16.2. The Morgan fingerprint density at radius 2 is 1.58 bits per heavy atom. The molecule has 0 saturated heterocycles. The van der Waals surface area contributed by atoms with Gasteiger partial charge in [-0.05, 0) is 42.7 Å². The zero-order valence-electron chi connectivity index (χ0n) is 13.6. The Morgan fingerprint density at radius 1 is 0.917 bits per heavy atom. The highest BCUT2D eigenvalue weighted by atomic mass is 16.2. The maximum absolute atomic E-state index is 12.2. The lowest BCUT2D eigenvalue weighted by molar-refractivity contribution is -0.124. The number of anilines is 1. The van der Waals surface area contributed by atoms with Crippen molar-refractivity contribution >= 4 is 17.5 Å². The SMILES string of the molecule is O=C(Nc1ccccc1)c1ccc(CNC(=O)C2CCCC2)cc1. The molecule has 1 fully saturated rings. The first-order chi connectivity index (χ1) is 11.7. The van der Waals surface area contributed by atoms with Crippen LogP contribution in [0.2, 0.25) is 0 Å². The summed E-state index contributed by atoms with van der Waals surface area (Å²) in [7, 11) is 0. The van der Waals surface area contributed by atoms with Crippen LogP contribution in [-0.4, -0.2) is 11.8 Å². The van der Waals surface area contributed by atoms with E-state index in [-0.39, 0.29) is 17.7 Å². The second-order valence-corrected chi connectivity index (χ2v) is 6.22. The van der Waals surface area contributed by atoms with E-state index in [1.165, 1.54) is 0 Å². The molecule has 2 aromatic carbocycles. The number of benzene rings is 2. The molecule has 0 atom stereocenters. The second-order valence-electron chi connectivity index (χ2n) is 6.22. The molecule has 0 radical (unpaired) electrons. The molecule has 1 saturated carbocycles. The summed E-state index contributed by atoms with van der Waals surface area (Å²) in [6, 6.07) is 16.7. The van der Waals surface area contributed by atoms with Gasteiger partial charge in [0.05, 0.1) is 0 Å². The van der Waals surface area contributed by atoms with Gasteiger partial charge in [-0.25, -0.2) is 0 Å². The lowest BCUT2D eigenvalue weighted by Gasteiger charge is -2.11. The average molecular weight is 322 g/mol. The average Bonchev–Trinajstić information content (AvgIpc) is 3.16. The fourth-order valence-corrected chi connectivity index (χ4v) is 3.02. The van der Waals surface area contributed by atoms with Crippen molar-refractivity contribution in [3.05, 3.63) is 65.7 Å². The van der Waals surface area contributed by atoms with E-state index in [9.17, 15) is 9.59 Å². The van der Waals surface area contributed by atoms with Crippen LogP contribution in [0.5, 0.6) is 0 Å². The van der Waals surface area contributed by atoms with Gasteiger partial charge in [0.1, 0.15) is 0 Å². The number of hydrogen-bond acceptors (Lipinski definition) is 2. The monoisotopic (exact) mass is 322 g/mol. The molecule has 0 unspecified atom stereocenters.